The number of carbonyl (C=O) groups excluding carboxylic acids is 1. The average Bonchev–Trinajstić information content (AvgIpc) is 2.08. The summed E-state index contributed by atoms with van der Waals surface area (Å²) >= 11 is 0. The van der Waals surface area contributed by atoms with Crippen LogP contribution in [0.3, 0.4) is 0 Å². The maximum Gasteiger partial charge on any atom is 0.142 e. The largest absolute Gasteiger partial charge is 0.507 e. The summed E-state index contributed by atoms with van der Waals surface area (Å²) in [5, 5.41) is 9.46. The molecule has 1 aromatic carbocycles. The Kier molecular flexibility index (Phi) is 2.64. The number of carbonyl (C=O) groups is 1. The van der Waals surface area contributed by atoms with Crippen LogP contribution in [-0.4, -0.2) is 11.4 Å². The molecule has 0 spiro atoms. The first-order valence-corrected chi connectivity index (χ1v) is 3.66. The molecular formula is C10H10O2. The van der Waals surface area contributed by atoms with Gasteiger partial charge in [0.25, 0.3) is 0 Å². The third-order valence-electron chi connectivity index (χ3n) is 1.62. The standard InChI is InChI=1S/C10H10O2/c1-8-4-2-5-9(10(8)12)6-3-7-11/h2-7,12H,1H3. The fourth-order valence-corrected chi connectivity index (χ4v) is 0.959. The van der Waals surface area contributed by atoms with Gasteiger partial charge in [0.2, 0.25) is 0 Å². The van der Waals surface area contributed by atoms with Crippen molar-refractivity contribution in [3.63, 3.8) is 0 Å². The summed E-state index contributed by atoms with van der Waals surface area (Å²) in [6.07, 6.45) is 3.62. The molecule has 0 heterocycles. The zero-order valence-corrected chi connectivity index (χ0v) is 6.82. The van der Waals surface area contributed by atoms with Gasteiger partial charge in [0, 0.05) is 5.56 Å². The average molecular weight is 162 g/mol. The molecule has 12 heavy (non-hydrogen) atoms. The predicted molar refractivity (Wildman–Crippen MR) is 47.9 cm³/mol. The van der Waals surface area contributed by atoms with E-state index in [9.17, 15) is 9.90 Å². The third kappa shape index (κ3) is 1.72. The van der Waals surface area contributed by atoms with E-state index < -0.39 is 0 Å². The number of phenols is 1. The lowest BCUT2D eigenvalue weighted by Gasteiger charge is -2.00. The van der Waals surface area contributed by atoms with Crippen molar-refractivity contribution < 1.29 is 9.90 Å². The SMILES string of the molecule is Cc1cccc(C=CC=O)c1O. The van der Waals surface area contributed by atoms with E-state index in [0.717, 1.165) is 5.56 Å². The topological polar surface area (TPSA) is 37.3 Å². The number of allylic oxidation sites excluding steroid dienone is 1. The number of aldehydes is 1. The van der Waals surface area contributed by atoms with Crippen LogP contribution in [0, 0.1) is 6.92 Å². The quantitative estimate of drug-likeness (QED) is 0.532. The van der Waals surface area contributed by atoms with Gasteiger partial charge < -0.3 is 5.11 Å². The highest BCUT2D eigenvalue weighted by molar-refractivity contribution is 5.75. The Labute approximate surface area is 71.2 Å². The number of aromatic hydroxyl groups is 1. The monoisotopic (exact) mass is 162 g/mol. The first-order valence-electron chi connectivity index (χ1n) is 3.66. The van der Waals surface area contributed by atoms with Gasteiger partial charge in [-0.1, -0.05) is 18.2 Å². The number of hydrogen-bond acceptors (Lipinski definition) is 2. The van der Waals surface area contributed by atoms with Gasteiger partial charge >= 0.3 is 0 Å². The Morgan fingerprint density at radius 2 is 2.17 bits per heavy atom. The summed E-state index contributed by atoms with van der Waals surface area (Å²) in [5.41, 5.74) is 1.48. The van der Waals surface area contributed by atoms with E-state index in [1.54, 1.807) is 12.1 Å². The highest BCUT2D eigenvalue weighted by Gasteiger charge is 1.98. The van der Waals surface area contributed by atoms with Gasteiger partial charge in [-0.25, -0.2) is 0 Å². The van der Waals surface area contributed by atoms with E-state index in [1.165, 1.54) is 6.08 Å². The van der Waals surface area contributed by atoms with Crippen molar-refractivity contribution in [3.05, 3.63) is 35.4 Å². The van der Waals surface area contributed by atoms with Gasteiger partial charge in [0.1, 0.15) is 12.0 Å². The van der Waals surface area contributed by atoms with E-state index >= 15 is 0 Å². The number of hydrogen-bond donors (Lipinski definition) is 1. The maximum absolute atomic E-state index is 10.0. The second kappa shape index (κ2) is 3.72. The number of benzene rings is 1. The molecule has 0 aliphatic heterocycles. The predicted octanol–water partition coefficient (Wildman–Crippen LogP) is 1.91. The van der Waals surface area contributed by atoms with Gasteiger partial charge in [-0.15, -0.1) is 0 Å². The van der Waals surface area contributed by atoms with E-state index in [1.807, 2.05) is 19.1 Å². The Balaban J connectivity index is 3.07. The van der Waals surface area contributed by atoms with Crippen LogP contribution in [0.25, 0.3) is 6.08 Å². The molecule has 0 atom stereocenters. The summed E-state index contributed by atoms with van der Waals surface area (Å²) < 4.78 is 0. The van der Waals surface area contributed by atoms with Crippen LogP contribution in [-0.2, 0) is 4.79 Å². The lowest BCUT2D eigenvalue weighted by atomic mass is 10.1. The van der Waals surface area contributed by atoms with Gasteiger partial charge in [0.15, 0.2) is 0 Å². The van der Waals surface area contributed by atoms with Gasteiger partial charge in [0.05, 0.1) is 0 Å². The number of phenolic OH excluding ortho intramolecular Hbond substituents is 1. The fraction of sp³-hybridized carbons (Fsp3) is 0.100. The summed E-state index contributed by atoms with van der Waals surface area (Å²) in [4.78, 5) is 10.0. The van der Waals surface area contributed by atoms with Crippen molar-refractivity contribution >= 4 is 12.4 Å². The van der Waals surface area contributed by atoms with Crippen molar-refractivity contribution in [1.82, 2.24) is 0 Å². The lowest BCUT2D eigenvalue weighted by molar-refractivity contribution is -0.104. The number of para-hydroxylation sites is 1. The first kappa shape index (κ1) is 8.53. The van der Waals surface area contributed by atoms with Crippen molar-refractivity contribution in [2.75, 3.05) is 0 Å². The van der Waals surface area contributed by atoms with E-state index in [-0.39, 0.29) is 5.75 Å². The zero-order valence-electron chi connectivity index (χ0n) is 6.82. The Morgan fingerprint density at radius 1 is 1.42 bits per heavy atom. The van der Waals surface area contributed by atoms with Crippen LogP contribution in [0.1, 0.15) is 11.1 Å². The lowest BCUT2D eigenvalue weighted by Crippen LogP contribution is -1.78. The maximum atomic E-state index is 10.0. The van der Waals surface area contributed by atoms with Crippen LogP contribution >= 0.6 is 0 Å². The molecule has 1 N–H and O–H groups in total. The molecule has 1 aromatic rings. The van der Waals surface area contributed by atoms with Crippen LogP contribution in [0.4, 0.5) is 0 Å². The highest BCUT2D eigenvalue weighted by atomic mass is 16.3. The van der Waals surface area contributed by atoms with Crippen LogP contribution in [0.5, 0.6) is 5.75 Å². The van der Waals surface area contributed by atoms with Gasteiger partial charge in [-0.3, -0.25) is 4.79 Å². The van der Waals surface area contributed by atoms with Gasteiger partial charge in [-0.05, 0) is 24.6 Å². The molecule has 0 bridgehead atoms. The minimum absolute atomic E-state index is 0.232. The van der Waals surface area contributed by atoms with Crippen LogP contribution in [0.15, 0.2) is 24.3 Å². The minimum Gasteiger partial charge on any atom is -0.507 e. The molecular weight excluding hydrogens is 152 g/mol. The van der Waals surface area contributed by atoms with Crippen molar-refractivity contribution in [2.24, 2.45) is 0 Å². The van der Waals surface area contributed by atoms with Crippen molar-refractivity contribution in [3.8, 4) is 5.75 Å². The number of rotatable bonds is 2. The third-order valence-corrected chi connectivity index (χ3v) is 1.62. The molecule has 0 aromatic heterocycles. The first-order chi connectivity index (χ1) is 5.75. The summed E-state index contributed by atoms with van der Waals surface area (Å²) in [7, 11) is 0. The molecule has 0 aliphatic rings. The highest BCUT2D eigenvalue weighted by Crippen LogP contribution is 2.22. The van der Waals surface area contributed by atoms with Crippen molar-refractivity contribution in [2.45, 2.75) is 6.92 Å². The van der Waals surface area contributed by atoms with Gasteiger partial charge in [-0.2, -0.15) is 0 Å². The molecule has 62 valence electrons. The summed E-state index contributed by atoms with van der Waals surface area (Å²) in [5.74, 6) is 0.232. The molecule has 0 amide bonds. The second-order valence-electron chi connectivity index (χ2n) is 2.51. The Hall–Kier alpha value is -1.57. The van der Waals surface area contributed by atoms with Crippen molar-refractivity contribution in [1.29, 1.82) is 0 Å². The Morgan fingerprint density at radius 3 is 2.83 bits per heavy atom. The summed E-state index contributed by atoms with van der Waals surface area (Å²) in [6, 6.07) is 5.40. The summed E-state index contributed by atoms with van der Waals surface area (Å²) in [6.45, 7) is 1.81. The molecule has 1 rings (SSSR count). The zero-order chi connectivity index (χ0) is 8.97. The molecule has 0 unspecified atom stereocenters. The number of aryl methyl sites for hydroxylation is 1. The molecule has 0 saturated heterocycles. The minimum atomic E-state index is 0.232. The van der Waals surface area contributed by atoms with E-state index in [0.29, 0.717) is 11.8 Å². The van der Waals surface area contributed by atoms with Crippen LogP contribution in [0.2, 0.25) is 0 Å². The molecule has 0 aliphatic carbocycles. The molecule has 0 fully saturated rings. The second-order valence-corrected chi connectivity index (χ2v) is 2.51. The molecule has 2 nitrogen and oxygen atoms in total. The molecule has 2 heteroatoms. The smallest absolute Gasteiger partial charge is 0.142 e. The van der Waals surface area contributed by atoms with E-state index in [2.05, 4.69) is 0 Å². The molecule has 0 radical (unpaired) electrons. The van der Waals surface area contributed by atoms with Crippen LogP contribution < -0.4 is 0 Å². The normalized spacial score (nSPS) is 10.4. The Bertz CT molecular complexity index is 314. The fourth-order valence-electron chi connectivity index (χ4n) is 0.959. The van der Waals surface area contributed by atoms with E-state index in [4.69, 9.17) is 0 Å². The molecule has 0 saturated carbocycles.